The molecule has 34 heavy (non-hydrogen) atoms. The molecule has 0 bridgehead atoms. The van der Waals surface area contributed by atoms with E-state index in [4.69, 9.17) is 26.1 Å². The highest BCUT2D eigenvalue weighted by Gasteiger charge is 2.18. The Hall–Kier alpha value is -3.14. The molecule has 2 aliphatic heterocycles. The molecule has 0 aliphatic carbocycles. The maximum absolute atomic E-state index is 6.14. The first-order valence-corrected chi connectivity index (χ1v) is 11.8. The molecular weight excluding hydrogens is 454 g/mol. The summed E-state index contributed by atoms with van der Waals surface area (Å²) in [4.78, 5) is 20.1. The summed E-state index contributed by atoms with van der Waals surface area (Å²) in [5, 5.41) is 4.03. The number of nitrogens with zero attached hydrogens (tertiary/aromatic N) is 6. The first-order chi connectivity index (χ1) is 16.7. The zero-order valence-electron chi connectivity index (χ0n) is 19.2. The Labute approximate surface area is 204 Å². The standard InChI is InChI=1S/C24H28ClN7O2/c1-30(23-14-18(25)2-4-26-23)22-3-5-27-24(29-22)28-19-15-20(31-6-10-33-11-7-31)17-21(16-19)32-8-12-34-13-9-32/h2-5,14-17H,6-13H2,1H3,(H,27,28,29). The Morgan fingerprint density at radius 1 is 0.824 bits per heavy atom. The molecule has 0 spiro atoms. The minimum absolute atomic E-state index is 0.512. The molecule has 2 aromatic heterocycles. The Morgan fingerprint density at radius 2 is 1.44 bits per heavy atom. The molecule has 1 N–H and O–H groups in total. The van der Waals surface area contributed by atoms with Gasteiger partial charge in [0.15, 0.2) is 0 Å². The third-order valence-corrected chi connectivity index (χ3v) is 6.18. The molecule has 10 heteroatoms. The second-order valence-corrected chi connectivity index (χ2v) is 8.63. The molecule has 4 heterocycles. The highest BCUT2D eigenvalue weighted by atomic mass is 35.5. The summed E-state index contributed by atoms with van der Waals surface area (Å²) in [7, 11) is 1.90. The topological polar surface area (TPSA) is 78.9 Å². The maximum Gasteiger partial charge on any atom is 0.229 e. The van der Waals surface area contributed by atoms with Crippen LogP contribution in [-0.2, 0) is 9.47 Å². The van der Waals surface area contributed by atoms with Gasteiger partial charge in [-0.15, -0.1) is 0 Å². The van der Waals surface area contributed by atoms with Gasteiger partial charge in [-0.3, -0.25) is 0 Å². The molecule has 2 aliphatic rings. The normalized spacial score (nSPS) is 16.4. The van der Waals surface area contributed by atoms with Gasteiger partial charge in [0.1, 0.15) is 11.6 Å². The number of pyridine rings is 1. The summed E-state index contributed by atoms with van der Waals surface area (Å²) >= 11 is 6.14. The minimum atomic E-state index is 0.512. The van der Waals surface area contributed by atoms with Gasteiger partial charge in [-0.25, -0.2) is 9.97 Å². The number of nitrogens with one attached hydrogen (secondary N) is 1. The fraction of sp³-hybridized carbons (Fsp3) is 0.375. The highest BCUT2D eigenvalue weighted by molar-refractivity contribution is 6.30. The lowest BCUT2D eigenvalue weighted by molar-refractivity contribution is 0.122. The van der Waals surface area contributed by atoms with Crippen molar-refractivity contribution in [1.29, 1.82) is 0 Å². The van der Waals surface area contributed by atoms with E-state index in [0.717, 1.165) is 69.7 Å². The molecule has 178 valence electrons. The van der Waals surface area contributed by atoms with Crippen LogP contribution in [0.1, 0.15) is 0 Å². The highest BCUT2D eigenvalue weighted by Crippen LogP contribution is 2.31. The van der Waals surface area contributed by atoms with Crippen molar-refractivity contribution in [2.24, 2.45) is 0 Å². The SMILES string of the molecule is CN(c1cc(Cl)ccn1)c1ccnc(Nc2cc(N3CCOCC3)cc(N3CCOCC3)c2)n1. The van der Waals surface area contributed by atoms with Crippen LogP contribution in [0.15, 0.2) is 48.8 Å². The lowest BCUT2D eigenvalue weighted by Gasteiger charge is -2.33. The molecule has 9 nitrogen and oxygen atoms in total. The van der Waals surface area contributed by atoms with Crippen LogP contribution in [0, 0.1) is 0 Å². The average molecular weight is 482 g/mol. The molecule has 0 unspecified atom stereocenters. The number of morpholine rings is 2. The lowest BCUT2D eigenvalue weighted by atomic mass is 10.2. The second-order valence-electron chi connectivity index (χ2n) is 8.19. The van der Waals surface area contributed by atoms with Crippen LogP contribution in [0.5, 0.6) is 0 Å². The van der Waals surface area contributed by atoms with Crippen molar-refractivity contribution in [1.82, 2.24) is 15.0 Å². The number of benzene rings is 1. The fourth-order valence-electron chi connectivity index (χ4n) is 4.10. The third kappa shape index (κ3) is 5.32. The minimum Gasteiger partial charge on any atom is -0.378 e. The molecule has 0 saturated carbocycles. The summed E-state index contributed by atoms with van der Waals surface area (Å²) in [6.07, 6.45) is 3.42. The van der Waals surface area contributed by atoms with E-state index >= 15 is 0 Å². The third-order valence-electron chi connectivity index (χ3n) is 5.95. The number of hydrogen-bond acceptors (Lipinski definition) is 9. The molecule has 3 aromatic rings. The molecular formula is C24H28ClN7O2. The van der Waals surface area contributed by atoms with Crippen molar-refractivity contribution < 1.29 is 9.47 Å². The van der Waals surface area contributed by atoms with Gasteiger partial charge in [0.25, 0.3) is 0 Å². The first kappa shape index (κ1) is 22.6. The van der Waals surface area contributed by atoms with Gasteiger partial charge in [-0.2, -0.15) is 4.98 Å². The maximum atomic E-state index is 6.14. The van der Waals surface area contributed by atoms with E-state index in [1.54, 1.807) is 24.5 Å². The zero-order chi connectivity index (χ0) is 23.3. The van der Waals surface area contributed by atoms with Crippen LogP contribution in [0.25, 0.3) is 0 Å². The average Bonchev–Trinajstić information content (AvgIpc) is 2.89. The summed E-state index contributed by atoms with van der Waals surface area (Å²) in [5.74, 6) is 1.93. The Balaban J connectivity index is 1.42. The van der Waals surface area contributed by atoms with Crippen molar-refractivity contribution in [3.05, 3.63) is 53.8 Å². The van der Waals surface area contributed by atoms with Crippen LogP contribution < -0.4 is 20.0 Å². The Morgan fingerprint density at radius 3 is 2.06 bits per heavy atom. The number of halogens is 1. The summed E-state index contributed by atoms with van der Waals surface area (Å²) in [6, 6.07) is 11.9. The van der Waals surface area contributed by atoms with Gasteiger partial charge < -0.3 is 29.5 Å². The number of anilines is 6. The van der Waals surface area contributed by atoms with Gasteiger partial charge >= 0.3 is 0 Å². The smallest absolute Gasteiger partial charge is 0.229 e. The van der Waals surface area contributed by atoms with E-state index in [9.17, 15) is 0 Å². The van der Waals surface area contributed by atoms with Crippen molar-refractivity contribution in [2.75, 3.05) is 79.7 Å². The molecule has 2 fully saturated rings. The summed E-state index contributed by atoms with van der Waals surface area (Å²) in [5.41, 5.74) is 3.25. The van der Waals surface area contributed by atoms with E-state index in [0.29, 0.717) is 22.6 Å². The van der Waals surface area contributed by atoms with Crippen LogP contribution >= 0.6 is 11.6 Å². The lowest BCUT2D eigenvalue weighted by Crippen LogP contribution is -2.38. The number of aromatic nitrogens is 3. The first-order valence-electron chi connectivity index (χ1n) is 11.4. The number of hydrogen-bond donors (Lipinski definition) is 1. The quantitative estimate of drug-likeness (QED) is 0.566. The molecule has 2 saturated heterocycles. The van der Waals surface area contributed by atoms with E-state index in [1.165, 1.54) is 0 Å². The fourth-order valence-corrected chi connectivity index (χ4v) is 4.25. The Kier molecular flexibility index (Phi) is 6.94. The monoisotopic (exact) mass is 481 g/mol. The van der Waals surface area contributed by atoms with Crippen molar-refractivity contribution in [3.63, 3.8) is 0 Å². The molecule has 0 atom stereocenters. The molecule has 5 rings (SSSR count). The van der Waals surface area contributed by atoms with Crippen LogP contribution in [0.3, 0.4) is 0 Å². The molecule has 0 amide bonds. The van der Waals surface area contributed by atoms with Crippen LogP contribution in [0.4, 0.5) is 34.6 Å². The van der Waals surface area contributed by atoms with Crippen LogP contribution in [-0.4, -0.2) is 74.6 Å². The zero-order valence-corrected chi connectivity index (χ0v) is 19.9. The van der Waals surface area contributed by atoms with E-state index in [1.807, 2.05) is 18.0 Å². The number of rotatable bonds is 6. The van der Waals surface area contributed by atoms with Crippen molar-refractivity contribution >= 4 is 46.2 Å². The predicted octanol–water partition coefficient (Wildman–Crippen LogP) is 3.71. The van der Waals surface area contributed by atoms with E-state index in [2.05, 4.69) is 43.3 Å². The molecule has 1 aromatic carbocycles. The van der Waals surface area contributed by atoms with Crippen molar-refractivity contribution in [3.8, 4) is 0 Å². The van der Waals surface area contributed by atoms with E-state index in [-0.39, 0.29) is 0 Å². The van der Waals surface area contributed by atoms with Crippen LogP contribution in [0.2, 0.25) is 5.02 Å². The van der Waals surface area contributed by atoms with Gasteiger partial charge in [-0.1, -0.05) is 11.6 Å². The largest absolute Gasteiger partial charge is 0.378 e. The van der Waals surface area contributed by atoms with E-state index < -0.39 is 0 Å². The van der Waals surface area contributed by atoms with Gasteiger partial charge in [0.2, 0.25) is 5.95 Å². The summed E-state index contributed by atoms with van der Waals surface area (Å²) in [6.45, 7) is 6.42. The van der Waals surface area contributed by atoms with Gasteiger partial charge in [0, 0.05) is 67.7 Å². The number of ether oxygens (including phenoxy) is 2. The summed E-state index contributed by atoms with van der Waals surface area (Å²) < 4.78 is 11.1. The van der Waals surface area contributed by atoms with Gasteiger partial charge in [-0.05, 0) is 36.4 Å². The Bertz CT molecular complexity index is 1080. The van der Waals surface area contributed by atoms with Crippen molar-refractivity contribution in [2.45, 2.75) is 0 Å². The molecule has 0 radical (unpaired) electrons. The second kappa shape index (κ2) is 10.4. The predicted molar refractivity (Wildman–Crippen MR) is 135 cm³/mol. The van der Waals surface area contributed by atoms with Gasteiger partial charge in [0.05, 0.1) is 26.4 Å².